The van der Waals surface area contributed by atoms with Crippen LogP contribution < -0.4 is 10.6 Å². The SMILES string of the molecule is Cc1ccc(NC(=O)[C@@H](C)OC(=O)C[C@H]2Sc3ccccc3NC2=O)cc1. The summed E-state index contributed by atoms with van der Waals surface area (Å²) in [6, 6.07) is 14.7. The first-order chi connectivity index (χ1) is 12.9. The standard InChI is InChI=1S/C20H20N2O4S/c1-12-7-9-14(10-8-12)21-19(24)13(2)26-18(23)11-17-20(25)22-15-5-3-4-6-16(15)27-17/h3-10,13,17H,11H2,1-2H3,(H,21,24)(H,22,25)/t13-,17-/m1/s1. The molecular formula is C20H20N2O4S. The number of ether oxygens (including phenoxy) is 1. The number of aryl methyl sites for hydroxylation is 1. The molecule has 2 N–H and O–H groups in total. The van der Waals surface area contributed by atoms with E-state index in [9.17, 15) is 14.4 Å². The fourth-order valence-electron chi connectivity index (χ4n) is 2.56. The number of thioether (sulfide) groups is 1. The van der Waals surface area contributed by atoms with Gasteiger partial charge in [-0.3, -0.25) is 14.4 Å². The van der Waals surface area contributed by atoms with E-state index in [0.29, 0.717) is 5.69 Å². The Hall–Kier alpha value is -2.80. The fourth-order valence-corrected chi connectivity index (χ4v) is 3.65. The lowest BCUT2D eigenvalue weighted by atomic mass is 10.2. The molecule has 2 amide bonds. The van der Waals surface area contributed by atoms with Crippen LogP contribution >= 0.6 is 11.8 Å². The van der Waals surface area contributed by atoms with Crippen LogP contribution in [0.15, 0.2) is 53.4 Å². The van der Waals surface area contributed by atoms with Crippen molar-refractivity contribution in [2.75, 3.05) is 10.6 Å². The van der Waals surface area contributed by atoms with Gasteiger partial charge in [0.1, 0.15) is 0 Å². The Labute approximate surface area is 161 Å². The van der Waals surface area contributed by atoms with Gasteiger partial charge in [-0.2, -0.15) is 0 Å². The van der Waals surface area contributed by atoms with E-state index in [1.54, 1.807) is 12.1 Å². The van der Waals surface area contributed by atoms with Crippen molar-refractivity contribution < 1.29 is 19.1 Å². The third-order valence-corrected chi connectivity index (χ3v) is 5.33. The number of hydrogen-bond donors (Lipinski definition) is 2. The molecule has 0 saturated heterocycles. The molecule has 2 atom stereocenters. The normalized spacial score (nSPS) is 16.7. The molecule has 0 spiro atoms. The number of benzene rings is 2. The highest BCUT2D eigenvalue weighted by Crippen LogP contribution is 2.36. The number of fused-ring (bicyclic) bond motifs is 1. The van der Waals surface area contributed by atoms with E-state index in [1.807, 2.05) is 43.3 Å². The summed E-state index contributed by atoms with van der Waals surface area (Å²) in [6.45, 7) is 3.46. The van der Waals surface area contributed by atoms with Gasteiger partial charge >= 0.3 is 5.97 Å². The molecule has 0 aromatic heterocycles. The summed E-state index contributed by atoms with van der Waals surface area (Å²) < 4.78 is 5.20. The van der Waals surface area contributed by atoms with E-state index in [0.717, 1.165) is 16.1 Å². The Kier molecular flexibility index (Phi) is 5.81. The van der Waals surface area contributed by atoms with Crippen molar-refractivity contribution in [3.05, 3.63) is 54.1 Å². The first-order valence-corrected chi connectivity index (χ1v) is 9.44. The second kappa shape index (κ2) is 8.26. The smallest absolute Gasteiger partial charge is 0.308 e. The van der Waals surface area contributed by atoms with Crippen molar-refractivity contribution in [2.24, 2.45) is 0 Å². The number of anilines is 2. The third-order valence-electron chi connectivity index (χ3n) is 4.06. The van der Waals surface area contributed by atoms with Crippen molar-refractivity contribution in [1.29, 1.82) is 0 Å². The minimum Gasteiger partial charge on any atom is -0.452 e. The lowest BCUT2D eigenvalue weighted by Crippen LogP contribution is -2.34. The van der Waals surface area contributed by atoms with Crippen LogP contribution in [0.4, 0.5) is 11.4 Å². The van der Waals surface area contributed by atoms with Gasteiger partial charge in [0, 0.05) is 10.6 Å². The number of nitrogens with one attached hydrogen (secondary N) is 2. The topological polar surface area (TPSA) is 84.5 Å². The average Bonchev–Trinajstić information content (AvgIpc) is 2.64. The van der Waals surface area contributed by atoms with Crippen LogP contribution in [-0.4, -0.2) is 29.1 Å². The zero-order valence-electron chi connectivity index (χ0n) is 15.0. The largest absolute Gasteiger partial charge is 0.452 e. The number of carbonyl (C=O) groups is 3. The number of carbonyl (C=O) groups excluding carboxylic acids is 3. The fraction of sp³-hybridized carbons (Fsp3) is 0.250. The lowest BCUT2D eigenvalue weighted by molar-refractivity contribution is -0.153. The Morgan fingerprint density at radius 3 is 2.63 bits per heavy atom. The Bertz CT molecular complexity index is 867. The van der Waals surface area contributed by atoms with Crippen LogP contribution in [-0.2, 0) is 19.1 Å². The van der Waals surface area contributed by atoms with Gasteiger partial charge in [0.25, 0.3) is 5.91 Å². The molecule has 0 aliphatic carbocycles. The average molecular weight is 384 g/mol. The summed E-state index contributed by atoms with van der Waals surface area (Å²) in [5.74, 6) is -1.25. The van der Waals surface area contributed by atoms with Gasteiger partial charge in [-0.25, -0.2) is 0 Å². The summed E-state index contributed by atoms with van der Waals surface area (Å²) in [5, 5.41) is 4.90. The zero-order valence-corrected chi connectivity index (χ0v) is 15.8. The van der Waals surface area contributed by atoms with Crippen molar-refractivity contribution in [2.45, 2.75) is 36.5 Å². The first-order valence-electron chi connectivity index (χ1n) is 8.56. The van der Waals surface area contributed by atoms with E-state index in [-0.39, 0.29) is 12.3 Å². The number of para-hydroxylation sites is 1. The number of esters is 1. The van der Waals surface area contributed by atoms with Crippen molar-refractivity contribution in [1.82, 2.24) is 0 Å². The predicted octanol–water partition coefficient (Wildman–Crippen LogP) is 3.37. The molecule has 1 heterocycles. The quantitative estimate of drug-likeness (QED) is 0.772. The minimum absolute atomic E-state index is 0.104. The molecular weight excluding hydrogens is 364 g/mol. The Balaban J connectivity index is 1.53. The van der Waals surface area contributed by atoms with Gasteiger partial charge in [-0.05, 0) is 38.1 Å². The second-order valence-corrected chi connectivity index (χ2v) is 7.53. The molecule has 6 nitrogen and oxygen atoms in total. The number of hydrogen-bond acceptors (Lipinski definition) is 5. The van der Waals surface area contributed by atoms with Crippen LogP contribution in [0.5, 0.6) is 0 Å². The molecule has 140 valence electrons. The summed E-state index contributed by atoms with van der Waals surface area (Å²) in [5.41, 5.74) is 2.45. The molecule has 1 aliphatic heterocycles. The molecule has 27 heavy (non-hydrogen) atoms. The maximum atomic E-state index is 12.2. The van der Waals surface area contributed by atoms with Gasteiger partial charge in [0.15, 0.2) is 6.10 Å². The first kappa shape index (κ1) is 19.0. The molecule has 7 heteroatoms. The third kappa shape index (κ3) is 4.89. The number of rotatable bonds is 5. The van der Waals surface area contributed by atoms with E-state index in [1.165, 1.54) is 18.7 Å². The molecule has 0 bridgehead atoms. The molecule has 3 rings (SSSR count). The highest BCUT2D eigenvalue weighted by atomic mass is 32.2. The van der Waals surface area contributed by atoms with Gasteiger partial charge in [0.2, 0.25) is 5.91 Å². The van der Waals surface area contributed by atoms with Crippen LogP contribution in [0.1, 0.15) is 18.9 Å². The van der Waals surface area contributed by atoms with Gasteiger partial charge in [-0.1, -0.05) is 29.8 Å². The summed E-state index contributed by atoms with van der Waals surface area (Å²) in [4.78, 5) is 37.4. The van der Waals surface area contributed by atoms with Crippen LogP contribution in [0, 0.1) is 6.92 Å². The van der Waals surface area contributed by atoms with Crippen molar-refractivity contribution in [3.8, 4) is 0 Å². The molecule has 0 radical (unpaired) electrons. The molecule has 2 aromatic rings. The highest BCUT2D eigenvalue weighted by Gasteiger charge is 2.30. The predicted molar refractivity (Wildman–Crippen MR) is 105 cm³/mol. The Morgan fingerprint density at radius 2 is 1.89 bits per heavy atom. The maximum absolute atomic E-state index is 12.2. The van der Waals surface area contributed by atoms with E-state index in [2.05, 4.69) is 10.6 Å². The zero-order chi connectivity index (χ0) is 19.4. The molecule has 0 unspecified atom stereocenters. The number of amides is 2. The molecule has 1 aliphatic rings. The van der Waals surface area contributed by atoms with Crippen molar-refractivity contribution in [3.63, 3.8) is 0 Å². The van der Waals surface area contributed by atoms with Crippen LogP contribution in [0.3, 0.4) is 0 Å². The van der Waals surface area contributed by atoms with Gasteiger partial charge in [-0.15, -0.1) is 11.8 Å². The Morgan fingerprint density at radius 1 is 1.19 bits per heavy atom. The molecule has 0 fully saturated rings. The minimum atomic E-state index is -0.956. The second-order valence-electron chi connectivity index (χ2n) is 6.28. The molecule has 2 aromatic carbocycles. The van der Waals surface area contributed by atoms with Crippen molar-refractivity contribution >= 4 is 40.9 Å². The highest BCUT2D eigenvalue weighted by molar-refractivity contribution is 8.01. The maximum Gasteiger partial charge on any atom is 0.308 e. The van der Waals surface area contributed by atoms with E-state index >= 15 is 0 Å². The summed E-state index contributed by atoms with van der Waals surface area (Å²) in [7, 11) is 0. The lowest BCUT2D eigenvalue weighted by Gasteiger charge is -2.23. The van der Waals surface area contributed by atoms with Crippen LogP contribution in [0.2, 0.25) is 0 Å². The molecule has 0 saturated carbocycles. The van der Waals surface area contributed by atoms with Crippen LogP contribution in [0.25, 0.3) is 0 Å². The summed E-state index contributed by atoms with van der Waals surface area (Å²) >= 11 is 1.32. The van der Waals surface area contributed by atoms with E-state index in [4.69, 9.17) is 4.74 Å². The summed E-state index contributed by atoms with van der Waals surface area (Å²) in [6.07, 6.45) is -1.06. The monoisotopic (exact) mass is 384 g/mol. The van der Waals surface area contributed by atoms with E-state index < -0.39 is 23.2 Å². The van der Waals surface area contributed by atoms with Gasteiger partial charge < -0.3 is 15.4 Å². The van der Waals surface area contributed by atoms with Gasteiger partial charge in [0.05, 0.1) is 17.4 Å².